The van der Waals surface area contributed by atoms with Crippen molar-refractivity contribution in [2.45, 2.75) is 38.0 Å². The van der Waals surface area contributed by atoms with E-state index in [1.807, 2.05) is 86.6 Å². The molecule has 0 fully saturated rings. The van der Waals surface area contributed by atoms with E-state index in [-0.39, 0.29) is 18.0 Å². The van der Waals surface area contributed by atoms with Gasteiger partial charge in [0.2, 0.25) is 0 Å². The van der Waals surface area contributed by atoms with Crippen LogP contribution in [-0.4, -0.2) is 22.2 Å². The molecule has 1 heterocycles. The molecule has 0 aliphatic carbocycles. The summed E-state index contributed by atoms with van der Waals surface area (Å²) in [5.41, 5.74) is 3.28. The van der Waals surface area contributed by atoms with Crippen molar-refractivity contribution in [2.75, 3.05) is 0 Å². The molecule has 0 radical (unpaired) electrons. The number of hydrogen-bond donors (Lipinski definition) is 1. The Morgan fingerprint density at radius 1 is 0.833 bits per heavy atom. The van der Waals surface area contributed by atoms with Crippen molar-refractivity contribution >= 4 is 11.7 Å². The van der Waals surface area contributed by atoms with Crippen LogP contribution in [0, 0.1) is 0 Å². The van der Waals surface area contributed by atoms with Gasteiger partial charge >= 0.3 is 0 Å². The molecule has 1 aliphatic heterocycles. The van der Waals surface area contributed by atoms with Gasteiger partial charge in [0.05, 0.1) is 12.1 Å². The van der Waals surface area contributed by atoms with Crippen molar-refractivity contribution in [3.63, 3.8) is 0 Å². The third-order valence-corrected chi connectivity index (χ3v) is 6.90. The minimum absolute atomic E-state index is 0.0864. The number of rotatable bonds is 7. The summed E-state index contributed by atoms with van der Waals surface area (Å²) in [6.45, 7) is 4.63. The number of carbonyl (C=O) groups is 1. The van der Waals surface area contributed by atoms with Gasteiger partial charge in [-0.3, -0.25) is 4.79 Å². The maximum Gasteiger partial charge on any atom is 0.250 e. The standard InChI is InChI=1S/C32H31N3O/c1-24(26-17-9-4-10-18-26)33-31(36)32(2)29(27-19-11-5-12-20-27)35(23-25-15-7-3-8-16-25)30(34-32)28-21-13-6-14-22-28/h3-22,24,29H,23H2,1-2H3,(H,33,36)/t24-,29-,32-/m0/s1. The predicted molar refractivity (Wildman–Crippen MR) is 146 cm³/mol. The zero-order chi connectivity index (χ0) is 25.0. The van der Waals surface area contributed by atoms with Crippen LogP contribution in [0.15, 0.2) is 126 Å². The van der Waals surface area contributed by atoms with Gasteiger partial charge in [-0.25, -0.2) is 4.99 Å². The topological polar surface area (TPSA) is 44.7 Å². The molecule has 36 heavy (non-hydrogen) atoms. The molecule has 4 nitrogen and oxygen atoms in total. The average molecular weight is 474 g/mol. The van der Waals surface area contributed by atoms with Crippen LogP contribution in [0.2, 0.25) is 0 Å². The zero-order valence-electron chi connectivity index (χ0n) is 20.7. The maximum atomic E-state index is 14.1. The largest absolute Gasteiger partial charge is 0.347 e. The van der Waals surface area contributed by atoms with Gasteiger partial charge in [0, 0.05) is 12.1 Å². The molecule has 0 unspecified atom stereocenters. The number of amidine groups is 1. The summed E-state index contributed by atoms with van der Waals surface area (Å²) in [6.07, 6.45) is 0. The highest BCUT2D eigenvalue weighted by molar-refractivity contribution is 6.04. The van der Waals surface area contributed by atoms with E-state index in [4.69, 9.17) is 4.99 Å². The highest BCUT2D eigenvalue weighted by atomic mass is 16.2. The first-order valence-corrected chi connectivity index (χ1v) is 12.4. The first kappa shape index (κ1) is 23.6. The second kappa shape index (κ2) is 10.2. The Morgan fingerprint density at radius 3 is 1.97 bits per heavy atom. The van der Waals surface area contributed by atoms with E-state index in [9.17, 15) is 4.79 Å². The fourth-order valence-corrected chi connectivity index (χ4v) is 5.02. The SMILES string of the molecule is C[C@H](NC(=O)[C@@]1(C)N=C(c2ccccc2)N(Cc2ccccc2)[C@H]1c1ccccc1)c1ccccc1. The van der Waals surface area contributed by atoms with Crippen LogP contribution in [0.5, 0.6) is 0 Å². The monoisotopic (exact) mass is 473 g/mol. The molecule has 5 rings (SSSR count). The third kappa shape index (κ3) is 4.67. The molecule has 1 aliphatic rings. The number of aliphatic imine (C=N–C) groups is 1. The van der Waals surface area contributed by atoms with Crippen molar-refractivity contribution in [1.29, 1.82) is 0 Å². The zero-order valence-corrected chi connectivity index (χ0v) is 20.7. The van der Waals surface area contributed by atoms with Gasteiger partial charge in [-0.2, -0.15) is 0 Å². The molecule has 4 aromatic rings. The van der Waals surface area contributed by atoms with Crippen molar-refractivity contribution in [3.05, 3.63) is 144 Å². The van der Waals surface area contributed by atoms with Gasteiger partial charge in [-0.1, -0.05) is 121 Å². The molecular weight excluding hydrogens is 442 g/mol. The first-order chi connectivity index (χ1) is 17.6. The molecule has 180 valence electrons. The summed E-state index contributed by atoms with van der Waals surface area (Å²) in [5.74, 6) is 0.745. The fourth-order valence-electron chi connectivity index (χ4n) is 5.02. The van der Waals surface area contributed by atoms with Gasteiger partial charge in [0.25, 0.3) is 5.91 Å². The fraction of sp³-hybridized carbons (Fsp3) is 0.188. The number of amides is 1. The maximum absolute atomic E-state index is 14.1. The number of hydrogen-bond acceptors (Lipinski definition) is 3. The van der Waals surface area contributed by atoms with E-state index in [1.165, 1.54) is 5.56 Å². The first-order valence-electron chi connectivity index (χ1n) is 12.4. The van der Waals surface area contributed by atoms with Crippen LogP contribution in [0.25, 0.3) is 0 Å². The quantitative estimate of drug-likeness (QED) is 0.341. The van der Waals surface area contributed by atoms with E-state index in [0.29, 0.717) is 6.54 Å². The van der Waals surface area contributed by atoms with Crippen LogP contribution < -0.4 is 5.32 Å². The summed E-state index contributed by atoms with van der Waals surface area (Å²) in [6, 6.07) is 40.4. The molecule has 0 saturated heterocycles. The predicted octanol–water partition coefficient (Wildman–Crippen LogP) is 6.33. The van der Waals surface area contributed by atoms with Gasteiger partial charge in [0.15, 0.2) is 5.54 Å². The Morgan fingerprint density at radius 2 is 1.36 bits per heavy atom. The Labute approximate surface area is 213 Å². The van der Waals surface area contributed by atoms with Crippen LogP contribution in [-0.2, 0) is 11.3 Å². The number of benzene rings is 4. The molecule has 1 N–H and O–H groups in total. The lowest BCUT2D eigenvalue weighted by Crippen LogP contribution is -2.49. The van der Waals surface area contributed by atoms with Gasteiger partial charge in [0.1, 0.15) is 5.84 Å². The molecule has 0 bridgehead atoms. The normalized spacial score (nSPS) is 20.0. The average Bonchev–Trinajstić information content (AvgIpc) is 3.23. The lowest BCUT2D eigenvalue weighted by molar-refractivity contribution is -0.127. The van der Waals surface area contributed by atoms with E-state index in [0.717, 1.165) is 22.5 Å². The molecule has 0 spiro atoms. The highest BCUT2D eigenvalue weighted by Gasteiger charge is 2.51. The van der Waals surface area contributed by atoms with Gasteiger partial charge in [-0.05, 0) is 30.5 Å². The molecule has 0 saturated carbocycles. The molecule has 1 amide bonds. The molecule has 3 atom stereocenters. The van der Waals surface area contributed by atoms with E-state index < -0.39 is 5.54 Å². The van der Waals surface area contributed by atoms with E-state index in [1.54, 1.807) is 0 Å². The van der Waals surface area contributed by atoms with Crippen molar-refractivity contribution in [3.8, 4) is 0 Å². The summed E-state index contributed by atoms with van der Waals surface area (Å²) in [5, 5.41) is 3.26. The summed E-state index contributed by atoms with van der Waals surface area (Å²) >= 11 is 0. The Balaban J connectivity index is 1.59. The van der Waals surface area contributed by atoms with Gasteiger partial charge in [-0.15, -0.1) is 0 Å². The molecule has 4 aromatic carbocycles. The second-order valence-corrected chi connectivity index (χ2v) is 9.48. The van der Waals surface area contributed by atoms with E-state index in [2.05, 4.69) is 58.7 Å². The number of nitrogens with one attached hydrogen (secondary N) is 1. The van der Waals surface area contributed by atoms with Gasteiger partial charge < -0.3 is 10.2 Å². The van der Waals surface area contributed by atoms with Crippen molar-refractivity contribution in [2.24, 2.45) is 4.99 Å². The van der Waals surface area contributed by atoms with Crippen molar-refractivity contribution in [1.82, 2.24) is 10.2 Å². The Bertz CT molecular complexity index is 1320. The lowest BCUT2D eigenvalue weighted by atomic mass is 9.86. The van der Waals surface area contributed by atoms with Crippen LogP contribution >= 0.6 is 0 Å². The summed E-state index contributed by atoms with van der Waals surface area (Å²) < 4.78 is 0. The van der Waals surface area contributed by atoms with Crippen LogP contribution in [0.1, 0.15) is 48.2 Å². The Hall–Kier alpha value is -4.18. The summed E-state index contributed by atoms with van der Waals surface area (Å²) in [7, 11) is 0. The minimum Gasteiger partial charge on any atom is -0.347 e. The number of carbonyl (C=O) groups excluding carboxylic acids is 1. The summed E-state index contributed by atoms with van der Waals surface area (Å²) in [4.78, 5) is 21.6. The smallest absolute Gasteiger partial charge is 0.250 e. The number of nitrogens with zero attached hydrogens (tertiary/aromatic N) is 2. The molecule has 4 heteroatoms. The second-order valence-electron chi connectivity index (χ2n) is 9.48. The third-order valence-electron chi connectivity index (χ3n) is 6.90. The highest BCUT2D eigenvalue weighted by Crippen LogP contribution is 2.43. The molecule has 0 aromatic heterocycles. The molecular formula is C32H31N3O. The van der Waals surface area contributed by atoms with Crippen LogP contribution in [0.3, 0.4) is 0 Å². The van der Waals surface area contributed by atoms with E-state index >= 15 is 0 Å². The van der Waals surface area contributed by atoms with Crippen molar-refractivity contribution < 1.29 is 4.79 Å². The van der Waals surface area contributed by atoms with Crippen LogP contribution in [0.4, 0.5) is 0 Å². The minimum atomic E-state index is -1.02. The lowest BCUT2D eigenvalue weighted by Gasteiger charge is -2.36. The Kier molecular flexibility index (Phi) is 6.68.